The smallest absolute Gasteiger partial charge is 0.339 e. The number of hydrogen-bond acceptors (Lipinski definition) is 5. The summed E-state index contributed by atoms with van der Waals surface area (Å²) in [5.74, 6) is -0.375. The molecule has 2 rings (SSSR count). The van der Waals surface area contributed by atoms with E-state index in [-0.39, 0.29) is 30.5 Å². The number of anilines is 1. The van der Waals surface area contributed by atoms with Crippen molar-refractivity contribution >= 4 is 23.5 Å². The van der Waals surface area contributed by atoms with Crippen molar-refractivity contribution in [2.45, 2.75) is 6.92 Å². The average Bonchev–Trinajstić information content (AvgIpc) is 2.70. The van der Waals surface area contributed by atoms with E-state index in [1.165, 1.54) is 18.9 Å². The van der Waals surface area contributed by atoms with Crippen LogP contribution in [0.5, 0.6) is 5.75 Å². The number of esters is 1. The second kappa shape index (κ2) is 9.38. The molecule has 0 fully saturated rings. The molecule has 0 heterocycles. The number of carbonyl (C=O) groups is 3. The Labute approximate surface area is 157 Å². The molecule has 7 heteroatoms. The van der Waals surface area contributed by atoms with Crippen LogP contribution >= 0.6 is 0 Å². The first-order valence-corrected chi connectivity index (χ1v) is 8.35. The molecular formula is C20H22N2O5. The predicted octanol–water partition coefficient (Wildman–Crippen LogP) is 2.26. The zero-order valence-electron chi connectivity index (χ0n) is 15.5. The van der Waals surface area contributed by atoms with Crippen LogP contribution in [0.2, 0.25) is 0 Å². The van der Waals surface area contributed by atoms with Crippen LogP contribution in [-0.4, -0.2) is 45.1 Å². The first-order chi connectivity index (χ1) is 13.0. The summed E-state index contributed by atoms with van der Waals surface area (Å²) in [6.45, 7) is 1.84. The number of hydrogen-bond donors (Lipinski definition) is 1. The van der Waals surface area contributed by atoms with Gasteiger partial charge in [-0.2, -0.15) is 0 Å². The number of rotatable bonds is 7. The third kappa shape index (κ3) is 5.07. The fourth-order valence-corrected chi connectivity index (χ4v) is 2.56. The maximum Gasteiger partial charge on any atom is 0.339 e. The van der Waals surface area contributed by atoms with Crippen molar-refractivity contribution in [2.24, 2.45) is 0 Å². The molecule has 1 N–H and O–H groups in total. The number of carbonyl (C=O) groups excluding carboxylic acids is 3. The second-order valence-electron chi connectivity index (χ2n) is 5.66. The third-order valence-electron chi connectivity index (χ3n) is 3.95. The van der Waals surface area contributed by atoms with Gasteiger partial charge in [0.05, 0.1) is 25.5 Å². The maximum absolute atomic E-state index is 12.2. The van der Waals surface area contributed by atoms with Crippen molar-refractivity contribution in [3.05, 3.63) is 59.7 Å². The first-order valence-electron chi connectivity index (χ1n) is 8.35. The molecule has 0 aliphatic carbocycles. The van der Waals surface area contributed by atoms with E-state index in [0.717, 1.165) is 0 Å². The van der Waals surface area contributed by atoms with Crippen LogP contribution in [0.1, 0.15) is 27.6 Å². The molecule has 27 heavy (non-hydrogen) atoms. The van der Waals surface area contributed by atoms with E-state index in [9.17, 15) is 14.4 Å². The van der Waals surface area contributed by atoms with Gasteiger partial charge in [0.15, 0.2) is 0 Å². The molecule has 2 aromatic carbocycles. The van der Waals surface area contributed by atoms with Crippen LogP contribution < -0.4 is 15.0 Å². The van der Waals surface area contributed by atoms with E-state index < -0.39 is 5.97 Å². The number of methoxy groups -OCH3 is 2. The average molecular weight is 370 g/mol. The van der Waals surface area contributed by atoms with E-state index in [1.807, 2.05) is 0 Å². The highest BCUT2D eigenvalue weighted by Gasteiger charge is 2.19. The van der Waals surface area contributed by atoms with Gasteiger partial charge in [-0.25, -0.2) is 4.79 Å². The lowest BCUT2D eigenvalue weighted by Crippen LogP contribution is -2.38. The van der Waals surface area contributed by atoms with Crippen molar-refractivity contribution in [1.29, 1.82) is 0 Å². The molecule has 0 unspecified atom stereocenters. The molecule has 0 aliphatic heterocycles. The summed E-state index contributed by atoms with van der Waals surface area (Å²) in [5.41, 5.74) is 1.22. The minimum Gasteiger partial charge on any atom is -0.497 e. The molecule has 0 atom stereocenters. The Bertz CT molecular complexity index is 817. The standard InChI is InChI=1S/C20H22N2O5/c1-14(23)22(18-7-5-4-6-17(18)20(25)27-3)13-12-21-19(24)15-8-10-16(26-2)11-9-15/h4-11H,12-13H2,1-3H3,(H,21,24). The van der Waals surface area contributed by atoms with Crippen molar-refractivity contribution < 1.29 is 23.9 Å². The molecule has 7 nitrogen and oxygen atoms in total. The second-order valence-corrected chi connectivity index (χ2v) is 5.66. The van der Waals surface area contributed by atoms with Crippen LogP contribution in [0.25, 0.3) is 0 Å². The first kappa shape index (κ1) is 20.0. The van der Waals surface area contributed by atoms with E-state index in [4.69, 9.17) is 9.47 Å². The largest absolute Gasteiger partial charge is 0.497 e. The van der Waals surface area contributed by atoms with Crippen LogP contribution in [0.4, 0.5) is 5.69 Å². The third-order valence-corrected chi connectivity index (χ3v) is 3.95. The lowest BCUT2D eigenvalue weighted by molar-refractivity contribution is -0.116. The summed E-state index contributed by atoms with van der Waals surface area (Å²) in [5, 5.41) is 2.76. The number of benzene rings is 2. The van der Waals surface area contributed by atoms with E-state index in [1.54, 1.807) is 55.6 Å². The Morgan fingerprint density at radius 3 is 2.26 bits per heavy atom. The van der Waals surface area contributed by atoms with Crippen molar-refractivity contribution in [2.75, 3.05) is 32.2 Å². The highest BCUT2D eigenvalue weighted by atomic mass is 16.5. The van der Waals surface area contributed by atoms with Gasteiger partial charge in [-0.15, -0.1) is 0 Å². The number of amides is 2. The molecule has 0 saturated carbocycles. The zero-order chi connectivity index (χ0) is 19.8. The fourth-order valence-electron chi connectivity index (χ4n) is 2.56. The summed E-state index contributed by atoms with van der Waals surface area (Å²) in [6, 6.07) is 13.4. The van der Waals surface area contributed by atoms with Crippen LogP contribution in [0.15, 0.2) is 48.5 Å². The van der Waals surface area contributed by atoms with Crippen molar-refractivity contribution in [1.82, 2.24) is 5.32 Å². The minimum absolute atomic E-state index is 0.214. The molecule has 0 spiro atoms. The lowest BCUT2D eigenvalue weighted by atomic mass is 10.1. The molecule has 142 valence electrons. The molecule has 0 aromatic heterocycles. The van der Waals surface area contributed by atoms with Gasteiger partial charge < -0.3 is 19.7 Å². The number of para-hydroxylation sites is 1. The van der Waals surface area contributed by atoms with Crippen LogP contribution in [-0.2, 0) is 9.53 Å². The van der Waals surface area contributed by atoms with Crippen molar-refractivity contribution in [3.8, 4) is 5.75 Å². The summed E-state index contributed by atoms with van der Waals surface area (Å²) >= 11 is 0. The van der Waals surface area contributed by atoms with E-state index >= 15 is 0 Å². The van der Waals surface area contributed by atoms with Gasteiger partial charge in [-0.1, -0.05) is 12.1 Å². The van der Waals surface area contributed by atoms with Gasteiger partial charge >= 0.3 is 5.97 Å². The number of nitrogens with zero attached hydrogens (tertiary/aromatic N) is 1. The molecule has 0 saturated heterocycles. The topological polar surface area (TPSA) is 84.9 Å². The van der Waals surface area contributed by atoms with Gasteiger partial charge in [-0.3, -0.25) is 9.59 Å². The molecular weight excluding hydrogens is 348 g/mol. The Morgan fingerprint density at radius 2 is 1.67 bits per heavy atom. The van der Waals surface area contributed by atoms with Gasteiger partial charge in [-0.05, 0) is 36.4 Å². The quantitative estimate of drug-likeness (QED) is 0.756. The van der Waals surface area contributed by atoms with Gasteiger partial charge in [0.2, 0.25) is 5.91 Å². The molecule has 2 amide bonds. The van der Waals surface area contributed by atoms with Crippen LogP contribution in [0.3, 0.4) is 0 Å². The van der Waals surface area contributed by atoms with Gasteiger partial charge in [0.1, 0.15) is 5.75 Å². The zero-order valence-corrected chi connectivity index (χ0v) is 15.5. The highest BCUT2D eigenvalue weighted by Crippen LogP contribution is 2.21. The summed E-state index contributed by atoms with van der Waals surface area (Å²) < 4.78 is 9.83. The number of ether oxygens (including phenoxy) is 2. The SMILES string of the molecule is COC(=O)c1ccccc1N(CCNC(=O)c1ccc(OC)cc1)C(C)=O. The summed E-state index contributed by atoms with van der Waals surface area (Å²) in [4.78, 5) is 37.7. The highest BCUT2D eigenvalue weighted by molar-refractivity contribution is 6.02. The maximum atomic E-state index is 12.2. The molecule has 0 bridgehead atoms. The Hall–Kier alpha value is -3.35. The van der Waals surface area contributed by atoms with Gasteiger partial charge in [0, 0.05) is 25.6 Å². The minimum atomic E-state index is -0.529. The van der Waals surface area contributed by atoms with E-state index in [0.29, 0.717) is 17.0 Å². The predicted molar refractivity (Wildman–Crippen MR) is 101 cm³/mol. The fraction of sp³-hybridized carbons (Fsp3) is 0.250. The van der Waals surface area contributed by atoms with Gasteiger partial charge in [0.25, 0.3) is 5.91 Å². The lowest BCUT2D eigenvalue weighted by Gasteiger charge is -2.23. The van der Waals surface area contributed by atoms with Crippen molar-refractivity contribution in [3.63, 3.8) is 0 Å². The summed E-state index contributed by atoms with van der Waals surface area (Å²) in [6.07, 6.45) is 0. The monoisotopic (exact) mass is 370 g/mol. The molecule has 0 aliphatic rings. The van der Waals surface area contributed by atoms with E-state index in [2.05, 4.69) is 5.32 Å². The molecule has 0 radical (unpaired) electrons. The Morgan fingerprint density at radius 1 is 1.00 bits per heavy atom. The summed E-state index contributed by atoms with van der Waals surface area (Å²) in [7, 11) is 2.84. The van der Waals surface area contributed by atoms with Crippen LogP contribution in [0, 0.1) is 0 Å². The molecule has 2 aromatic rings. The number of nitrogens with one attached hydrogen (secondary N) is 1. The normalized spacial score (nSPS) is 10.0. The Kier molecular flexibility index (Phi) is 6.93. The Balaban J connectivity index is 2.06.